The monoisotopic (exact) mass is 170 g/mol. The van der Waals surface area contributed by atoms with Crippen LogP contribution in [0.3, 0.4) is 0 Å². The van der Waals surface area contributed by atoms with Crippen LogP contribution in [0.4, 0.5) is 0 Å². The lowest BCUT2D eigenvalue weighted by Crippen LogP contribution is -2.25. The van der Waals surface area contributed by atoms with Crippen LogP contribution in [0.15, 0.2) is 0 Å². The average molecular weight is 170 g/mol. The zero-order valence-electron chi connectivity index (χ0n) is 7.92. The van der Waals surface area contributed by atoms with Crippen LogP contribution >= 0.6 is 0 Å². The van der Waals surface area contributed by atoms with Crippen LogP contribution in [0.2, 0.25) is 0 Å². The van der Waals surface area contributed by atoms with Crippen molar-refractivity contribution in [2.45, 2.75) is 45.3 Å². The second kappa shape index (κ2) is 2.71. The van der Waals surface area contributed by atoms with Gasteiger partial charge in [0.2, 0.25) is 0 Å². The molecule has 0 aromatic heterocycles. The Balaban J connectivity index is 1.87. The molecular weight excluding hydrogens is 152 g/mol. The lowest BCUT2D eigenvalue weighted by atomic mass is 10.0. The minimum atomic E-state index is -0.0822. The highest BCUT2D eigenvalue weighted by atomic mass is 16.5. The first kappa shape index (κ1) is 8.52. The summed E-state index contributed by atoms with van der Waals surface area (Å²) in [6.45, 7) is 4.88. The highest BCUT2D eigenvalue weighted by molar-refractivity contribution is 5.11. The Morgan fingerprint density at radius 2 is 2.25 bits per heavy atom. The molecule has 2 aliphatic carbocycles. The highest BCUT2D eigenvalue weighted by Gasteiger charge is 2.62. The Hall–Kier alpha value is -0.0800. The van der Waals surface area contributed by atoms with Gasteiger partial charge in [-0.05, 0) is 39.0 Å². The van der Waals surface area contributed by atoms with Crippen LogP contribution in [0.5, 0.6) is 0 Å². The number of aliphatic hydroxyl groups excluding tert-OH is 1. The number of ether oxygens (including phenoxy) is 1. The molecule has 0 bridgehead atoms. The molecule has 0 radical (unpaired) electrons. The van der Waals surface area contributed by atoms with Crippen molar-refractivity contribution < 1.29 is 9.84 Å². The molecule has 1 N–H and O–H groups in total. The van der Waals surface area contributed by atoms with Crippen LogP contribution in [-0.4, -0.2) is 23.9 Å². The van der Waals surface area contributed by atoms with Gasteiger partial charge >= 0.3 is 0 Å². The largest absolute Gasteiger partial charge is 0.392 e. The van der Waals surface area contributed by atoms with Gasteiger partial charge < -0.3 is 9.84 Å². The van der Waals surface area contributed by atoms with Crippen molar-refractivity contribution >= 4 is 0 Å². The van der Waals surface area contributed by atoms with Gasteiger partial charge in [0, 0.05) is 5.41 Å². The summed E-state index contributed by atoms with van der Waals surface area (Å²) in [6.07, 6.45) is 3.62. The first-order chi connectivity index (χ1) is 5.65. The predicted octanol–water partition coefficient (Wildman–Crippen LogP) is 1.57. The van der Waals surface area contributed by atoms with E-state index in [1.165, 1.54) is 12.8 Å². The SMILES string of the molecule is CC(C)OC[C@@]12C[C@@H]1CC[C@H]2O. The van der Waals surface area contributed by atoms with Crippen molar-refractivity contribution in [1.29, 1.82) is 0 Å². The summed E-state index contributed by atoms with van der Waals surface area (Å²) in [7, 11) is 0. The molecule has 2 aliphatic rings. The van der Waals surface area contributed by atoms with E-state index in [4.69, 9.17) is 4.74 Å². The molecule has 0 unspecified atom stereocenters. The summed E-state index contributed by atoms with van der Waals surface area (Å²) in [5.74, 6) is 0.770. The molecule has 0 amide bonds. The van der Waals surface area contributed by atoms with E-state index in [0.717, 1.165) is 18.9 Å². The second-order valence-electron chi connectivity index (χ2n) is 4.59. The average Bonchev–Trinajstić information content (AvgIpc) is 2.65. The fraction of sp³-hybridized carbons (Fsp3) is 1.00. The maximum Gasteiger partial charge on any atom is 0.0621 e. The van der Waals surface area contributed by atoms with Gasteiger partial charge in [0.1, 0.15) is 0 Å². The number of rotatable bonds is 3. The smallest absolute Gasteiger partial charge is 0.0621 e. The minimum Gasteiger partial charge on any atom is -0.392 e. The van der Waals surface area contributed by atoms with E-state index in [-0.39, 0.29) is 11.5 Å². The van der Waals surface area contributed by atoms with Crippen molar-refractivity contribution in [2.24, 2.45) is 11.3 Å². The van der Waals surface area contributed by atoms with Crippen molar-refractivity contribution in [1.82, 2.24) is 0 Å². The maximum absolute atomic E-state index is 9.72. The van der Waals surface area contributed by atoms with Crippen molar-refractivity contribution in [2.75, 3.05) is 6.61 Å². The zero-order valence-corrected chi connectivity index (χ0v) is 7.92. The lowest BCUT2D eigenvalue weighted by Gasteiger charge is -2.19. The van der Waals surface area contributed by atoms with Crippen LogP contribution < -0.4 is 0 Å². The molecule has 2 nitrogen and oxygen atoms in total. The van der Waals surface area contributed by atoms with Crippen LogP contribution in [0.1, 0.15) is 33.1 Å². The quantitative estimate of drug-likeness (QED) is 0.696. The Morgan fingerprint density at radius 1 is 1.50 bits per heavy atom. The summed E-state index contributed by atoms with van der Waals surface area (Å²) in [4.78, 5) is 0. The van der Waals surface area contributed by atoms with E-state index < -0.39 is 0 Å². The molecule has 70 valence electrons. The second-order valence-corrected chi connectivity index (χ2v) is 4.59. The zero-order chi connectivity index (χ0) is 8.77. The summed E-state index contributed by atoms with van der Waals surface area (Å²) < 4.78 is 5.58. The summed E-state index contributed by atoms with van der Waals surface area (Å²) >= 11 is 0. The molecule has 2 saturated carbocycles. The van der Waals surface area contributed by atoms with Crippen molar-refractivity contribution in [3.05, 3.63) is 0 Å². The van der Waals surface area contributed by atoms with Crippen LogP contribution in [-0.2, 0) is 4.74 Å². The fourth-order valence-corrected chi connectivity index (χ4v) is 2.44. The van der Waals surface area contributed by atoms with Gasteiger partial charge in [-0.3, -0.25) is 0 Å². The van der Waals surface area contributed by atoms with Crippen LogP contribution in [0, 0.1) is 11.3 Å². The van der Waals surface area contributed by atoms with Gasteiger partial charge in [-0.1, -0.05) is 0 Å². The molecule has 2 heteroatoms. The lowest BCUT2D eigenvalue weighted by molar-refractivity contribution is -0.00495. The molecule has 0 aliphatic heterocycles. The van der Waals surface area contributed by atoms with E-state index in [0.29, 0.717) is 6.10 Å². The van der Waals surface area contributed by atoms with Gasteiger partial charge in [-0.15, -0.1) is 0 Å². The predicted molar refractivity (Wildman–Crippen MR) is 46.9 cm³/mol. The van der Waals surface area contributed by atoms with Crippen molar-refractivity contribution in [3.8, 4) is 0 Å². The molecule has 0 saturated heterocycles. The van der Waals surface area contributed by atoms with Gasteiger partial charge in [0.05, 0.1) is 18.8 Å². The topological polar surface area (TPSA) is 29.5 Å². The van der Waals surface area contributed by atoms with E-state index >= 15 is 0 Å². The van der Waals surface area contributed by atoms with Crippen molar-refractivity contribution in [3.63, 3.8) is 0 Å². The summed E-state index contributed by atoms with van der Waals surface area (Å²) in [5, 5.41) is 9.72. The molecule has 2 fully saturated rings. The standard InChI is InChI=1S/C10H18O2/c1-7(2)12-6-10-5-8(10)3-4-9(10)11/h7-9,11H,3-6H2,1-2H3/t8-,9+,10-/m0/s1. The summed E-state index contributed by atoms with van der Waals surface area (Å²) in [6, 6.07) is 0. The van der Waals surface area contributed by atoms with Crippen LogP contribution in [0.25, 0.3) is 0 Å². The third kappa shape index (κ3) is 1.17. The third-order valence-corrected chi connectivity index (χ3v) is 3.42. The normalized spacial score (nSPS) is 45.0. The molecular formula is C10H18O2. The first-order valence-corrected chi connectivity index (χ1v) is 4.95. The van der Waals surface area contributed by atoms with E-state index in [1.54, 1.807) is 0 Å². The Kier molecular flexibility index (Phi) is 1.92. The number of fused-ring (bicyclic) bond motifs is 1. The molecule has 0 aromatic carbocycles. The maximum atomic E-state index is 9.72. The Bertz CT molecular complexity index is 179. The molecule has 3 atom stereocenters. The highest BCUT2D eigenvalue weighted by Crippen LogP contribution is 2.63. The number of hydrogen-bond acceptors (Lipinski definition) is 2. The van der Waals surface area contributed by atoms with E-state index in [2.05, 4.69) is 13.8 Å². The van der Waals surface area contributed by atoms with Gasteiger partial charge in [0.25, 0.3) is 0 Å². The Morgan fingerprint density at radius 3 is 2.67 bits per heavy atom. The molecule has 0 spiro atoms. The van der Waals surface area contributed by atoms with Gasteiger partial charge in [-0.2, -0.15) is 0 Å². The van der Waals surface area contributed by atoms with E-state index in [9.17, 15) is 5.11 Å². The fourth-order valence-electron chi connectivity index (χ4n) is 2.44. The number of hydrogen-bond donors (Lipinski definition) is 1. The molecule has 2 rings (SSSR count). The minimum absolute atomic E-state index is 0.0822. The number of aliphatic hydroxyl groups is 1. The van der Waals surface area contributed by atoms with Gasteiger partial charge in [0.15, 0.2) is 0 Å². The molecule has 12 heavy (non-hydrogen) atoms. The summed E-state index contributed by atoms with van der Waals surface area (Å²) in [5.41, 5.74) is 0.185. The third-order valence-electron chi connectivity index (χ3n) is 3.42. The van der Waals surface area contributed by atoms with Gasteiger partial charge in [-0.25, -0.2) is 0 Å². The first-order valence-electron chi connectivity index (χ1n) is 4.95. The Labute approximate surface area is 73.9 Å². The van der Waals surface area contributed by atoms with E-state index in [1.807, 2.05) is 0 Å². The molecule has 0 heterocycles. The molecule has 0 aromatic rings.